The van der Waals surface area contributed by atoms with Crippen molar-refractivity contribution in [1.29, 1.82) is 0 Å². The maximum absolute atomic E-state index is 13.4. The molecule has 4 amide bonds. The van der Waals surface area contributed by atoms with Crippen molar-refractivity contribution in [2.45, 2.75) is 232 Å². The molecule has 0 bridgehead atoms. The van der Waals surface area contributed by atoms with Gasteiger partial charge >= 0.3 is 25.6 Å². The SMILES string of the molecule is CC(C)(C)OC(=O)[C@H](CCC(=O)NCCOCCOCC(=O)NCCCC[C@H](NC(=O)OCC1c2ccccc2-c2ccccc21)C(=O)O)NC(=O)CCCCCCCCCCCCCCCCCP(=O)(OC(C)(C)C)OC(C)(C)C. The highest BCUT2D eigenvalue weighted by atomic mass is 31.2. The molecule has 19 heteroatoms. The second kappa shape index (κ2) is 37.4. The van der Waals surface area contributed by atoms with Crippen LogP contribution in [0.4, 0.5) is 4.79 Å². The van der Waals surface area contributed by atoms with Gasteiger partial charge < -0.3 is 54.4 Å². The van der Waals surface area contributed by atoms with Gasteiger partial charge in [0.2, 0.25) is 17.7 Å². The van der Waals surface area contributed by atoms with E-state index in [-0.39, 0.29) is 82.5 Å². The second-order valence-corrected chi connectivity index (χ2v) is 26.2. The standard InChI is InChI=1S/C62H101N4O14P/c1-60(2,3)78-58(72)53(65-55(68)36-23-21-19-17-15-13-11-10-12-14-16-18-20-22-30-44-81(74,79-61(4,5)6)80-62(7,8)9)37-38-54(67)64-40-41-75-42-43-76-46-56(69)63-39-29-28-35-52(57(70)71)66-59(73)77-45-51-49-33-26-24-31-47(49)48-32-25-27-34-50(48)51/h24-27,31-34,51-53H,10-23,28-30,35-46H2,1-9H3,(H,63,69)(H,64,67)(H,65,68)(H,66,73)(H,70,71)/t52-,53-/m0/s1. The van der Waals surface area contributed by atoms with E-state index < -0.39 is 54.5 Å². The minimum Gasteiger partial charge on any atom is -0.480 e. The van der Waals surface area contributed by atoms with Gasteiger partial charge in [-0.1, -0.05) is 132 Å². The largest absolute Gasteiger partial charge is 0.480 e. The topological polar surface area (TPSA) is 243 Å². The third-order valence-electron chi connectivity index (χ3n) is 13.2. The van der Waals surface area contributed by atoms with Gasteiger partial charge in [0.1, 0.15) is 30.9 Å². The van der Waals surface area contributed by atoms with Crippen molar-refractivity contribution in [3.8, 4) is 11.1 Å². The molecule has 0 aromatic heterocycles. The quantitative estimate of drug-likeness (QED) is 0.0236. The molecule has 18 nitrogen and oxygen atoms in total. The number of amides is 4. The normalized spacial score (nSPS) is 13.4. The highest BCUT2D eigenvalue weighted by molar-refractivity contribution is 7.53. The number of hydrogen-bond acceptors (Lipinski definition) is 13. The lowest BCUT2D eigenvalue weighted by molar-refractivity contribution is -0.159. The molecule has 0 heterocycles. The lowest BCUT2D eigenvalue weighted by atomic mass is 9.98. The summed E-state index contributed by atoms with van der Waals surface area (Å²) in [6.07, 6.45) is 17.7. The van der Waals surface area contributed by atoms with Crippen LogP contribution in [0, 0.1) is 0 Å². The smallest absolute Gasteiger partial charge is 0.407 e. The summed E-state index contributed by atoms with van der Waals surface area (Å²) in [6, 6.07) is 13.8. The van der Waals surface area contributed by atoms with Gasteiger partial charge in [-0.25, -0.2) is 14.4 Å². The van der Waals surface area contributed by atoms with Gasteiger partial charge in [0.15, 0.2) is 0 Å². The maximum Gasteiger partial charge on any atom is 0.407 e. The Morgan fingerprint density at radius 3 is 1.57 bits per heavy atom. The Kier molecular flexibility index (Phi) is 32.5. The van der Waals surface area contributed by atoms with Gasteiger partial charge in [0.05, 0.1) is 37.2 Å². The van der Waals surface area contributed by atoms with Crippen LogP contribution >= 0.6 is 7.60 Å². The molecule has 3 rings (SSSR count). The van der Waals surface area contributed by atoms with Gasteiger partial charge in [0, 0.05) is 31.8 Å². The fourth-order valence-corrected chi connectivity index (χ4v) is 12.0. The van der Waals surface area contributed by atoms with Crippen LogP contribution in [0.1, 0.15) is 214 Å². The molecule has 0 unspecified atom stereocenters. The van der Waals surface area contributed by atoms with E-state index in [1.54, 1.807) is 20.8 Å². The third kappa shape index (κ3) is 32.0. The van der Waals surface area contributed by atoms with E-state index >= 15 is 0 Å². The van der Waals surface area contributed by atoms with E-state index in [0.717, 1.165) is 60.8 Å². The molecule has 0 saturated carbocycles. The summed E-state index contributed by atoms with van der Waals surface area (Å²) in [5.41, 5.74) is 2.50. The van der Waals surface area contributed by atoms with Gasteiger partial charge in [-0.2, -0.15) is 0 Å². The van der Waals surface area contributed by atoms with Crippen LogP contribution in [0.15, 0.2) is 48.5 Å². The van der Waals surface area contributed by atoms with Gasteiger partial charge in [0.25, 0.3) is 0 Å². The minimum atomic E-state index is -3.15. The van der Waals surface area contributed by atoms with Crippen molar-refractivity contribution >= 4 is 43.3 Å². The van der Waals surface area contributed by atoms with Gasteiger partial charge in [-0.05, 0) is 123 Å². The third-order valence-corrected chi connectivity index (χ3v) is 15.7. The molecule has 5 N–H and O–H groups in total. The first-order valence-corrected chi connectivity index (χ1v) is 31.6. The number of carbonyl (C=O) groups is 6. The number of unbranched alkanes of at least 4 members (excludes halogenated alkanes) is 15. The highest BCUT2D eigenvalue weighted by Gasteiger charge is 2.35. The summed E-state index contributed by atoms with van der Waals surface area (Å²) < 4.78 is 47.1. The first kappa shape index (κ1) is 70.4. The van der Waals surface area contributed by atoms with Gasteiger partial charge in [-0.15, -0.1) is 0 Å². The number of esters is 1. The Morgan fingerprint density at radius 1 is 0.531 bits per heavy atom. The first-order valence-electron chi connectivity index (χ1n) is 29.9. The Balaban J connectivity index is 1.15. The Morgan fingerprint density at radius 2 is 1.04 bits per heavy atom. The number of hydrogen-bond donors (Lipinski definition) is 5. The average molecular weight is 1160 g/mol. The molecule has 2 aromatic rings. The first-order chi connectivity index (χ1) is 38.3. The molecule has 0 radical (unpaired) electrons. The monoisotopic (exact) mass is 1160 g/mol. The van der Waals surface area contributed by atoms with E-state index in [1.165, 1.54) is 51.4 Å². The predicted molar refractivity (Wildman–Crippen MR) is 316 cm³/mol. The van der Waals surface area contributed by atoms with Crippen LogP contribution in [-0.2, 0) is 56.5 Å². The number of fused-ring (bicyclic) bond motifs is 3. The molecule has 458 valence electrons. The van der Waals surface area contributed by atoms with E-state index in [4.69, 9.17) is 28.0 Å². The molecule has 1 aliphatic rings. The van der Waals surface area contributed by atoms with Crippen molar-refractivity contribution in [2.24, 2.45) is 0 Å². The summed E-state index contributed by atoms with van der Waals surface area (Å²) in [7, 11) is -3.15. The molecule has 1 aliphatic carbocycles. The summed E-state index contributed by atoms with van der Waals surface area (Å²) in [6.45, 7) is 17.6. The van der Waals surface area contributed by atoms with Crippen LogP contribution in [0.3, 0.4) is 0 Å². The molecule has 0 spiro atoms. The van der Waals surface area contributed by atoms with E-state index in [0.29, 0.717) is 38.4 Å². The molecule has 81 heavy (non-hydrogen) atoms. The van der Waals surface area contributed by atoms with Crippen LogP contribution in [0.25, 0.3) is 11.1 Å². The fourth-order valence-electron chi connectivity index (χ4n) is 9.53. The van der Waals surface area contributed by atoms with Crippen molar-refractivity contribution in [2.75, 3.05) is 52.3 Å². The van der Waals surface area contributed by atoms with Crippen LogP contribution in [0.2, 0.25) is 0 Å². The van der Waals surface area contributed by atoms with Gasteiger partial charge in [-0.3, -0.25) is 18.9 Å². The predicted octanol–water partition coefficient (Wildman–Crippen LogP) is 12.1. The molecular formula is C62H101N4O14P. The summed E-state index contributed by atoms with van der Waals surface area (Å²) >= 11 is 0. The molecule has 0 fully saturated rings. The molecule has 0 saturated heterocycles. The highest BCUT2D eigenvalue weighted by Crippen LogP contribution is 2.55. The number of carboxylic acid groups (broad SMARTS) is 1. The summed E-state index contributed by atoms with van der Waals surface area (Å²) in [5.74, 6) is -2.79. The zero-order chi connectivity index (χ0) is 59.7. The number of alkyl carbamates (subject to hydrolysis) is 1. The number of rotatable bonds is 42. The Labute approximate surface area is 484 Å². The lowest BCUT2D eigenvalue weighted by Gasteiger charge is -2.32. The van der Waals surface area contributed by atoms with E-state index in [2.05, 4.69) is 21.3 Å². The van der Waals surface area contributed by atoms with Crippen LogP contribution in [0.5, 0.6) is 0 Å². The Bertz CT molecular complexity index is 2190. The number of aliphatic carboxylic acids is 1. The molecular weight excluding hydrogens is 1060 g/mol. The number of ether oxygens (including phenoxy) is 4. The van der Waals surface area contributed by atoms with Crippen LogP contribution < -0.4 is 21.3 Å². The average Bonchev–Trinajstić information content (AvgIpc) is 4.00. The lowest BCUT2D eigenvalue weighted by Crippen LogP contribution is -2.44. The maximum atomic E-state index is 13.4. The van der Waals surface area contributed by atoms with Crippen LogP contribution in [-0.4, -0.2) is 122 Å². The second-order valence-electron chi connectivity index (χ2n) is 24.2. The van der Waals surface area contributed by atoms with Crippen molar-refractivity contribution in [3.05, 3.63) is 59.7 Å². The van der Waals surface area contributed by atoms with Crippen molar-refractivity contribution < 1.29 is 66.4 Å². The summed E-state index contributed by atoms with van der Waals surface area (Å²) in [4.78, 5) is 75.4. The van der Waals surface area contributed by atoms with Crippen molar-refractivity contribution in [1.82, 2.24) is 21.3 Å². The van der Waals surface area contributed by atoms with E-state index in [1.807, 2.05) is 90.1 Å². The minimum absolute atomic E-state index is 0.00420. The number of benzene rings is 2. The number of carboxylic acids is 1. The Hall–Kier alpha value is -4.87. The summed E-state index contributed by atoms with van der Waals surface area (Å²) in [5, 5.41) is 20.5. The zero-order valence-corrected chi connectivity index (χ0v) is 51.5. The molecule has 0 aliphatic heterocycles. The molecule has 2 aromatic carbocycles. The number of carbonyl (C=O) groups excluding carboxylic acids is 5. The fraction of sp³-hybridized carbons (Fsp3) is 0.710. The number of nitrogens with one attached hydrogen (secondary N) is 4. The molecule has 2 atom stereocenters. The zero-order valence-electron chi connectivity index (χ0n) is 50.6. The van der Waals surface area contributed by atoms with Crippen molar-refractivity contribution in [3.63, 3.8) is 0 Å². The van der Waals surface area contributed by atoms with E-state index in [9.17, 15) is 38.4 Å².